The SMILES string of the molecule is COc1ccc(OCCC[NH+]2CCN(S(=O)(=O)c3ccccc3Cl)CC2)cc1. The fourth-order valence-electron chi connectivity index (χ4n) is 3.27. The molecule has 1 fully saturated rings. The quantitative estimate of drug-likeness (QED) is 0.654. The molecule has 0 amide bonds. The van der Waals surface area contributed by atoms with E-state index >= 15 is 0 Å². The number of quaternary nitrogens is 1. The van der Waals surface area contributed by atoms with Crippen LogP contribution in [0.5, 0.6) is 11.5 Å². The highest BCUT2D eigenvalue weighted by Crippen LogP contribution is 2.24. The van der Waals surface area contributed by atoms with Crippen LogP contribution in [0.25, 0.3) is 0 Å². The highest BCUT2D eigenvalue weighted by Gasteiger charge is 2.31. The van der Waals surface area contributed by atoms with Gasteiger partial charge in [0, 0.05) is 6.42 Å². The van der Waals surface area contributed by atoms with Crippen molar-refractivity contribution in [3.8, 4) is 11.5 Å². The second kappa shape index (κ2) is 9.60. The monoisotopic (exact) mass is 425 g/mol. The Morgan fingerprint density at radius 3 is 2.32 bits per heavy atom. The standard InChI is InChI=1S/C20H25ClN2O4S/c1-26-17-7-9-18(10-8-17)27-16-4-11-22-12-14-23(15-13-22)28(24,25)20-6-3-2-5-19(20)21/h2-3,5-10H,4,11-16H2,1H3/p+1. The Morgan fingerprint density at radius 2 is 1.68 bits per heavy atom. The minimum absolute atomic E-state index is 0.188. The molecule has 1 N–H and O–H groups in total. The van der Waals surface area contributed by atoms with Gasteiger partial charge in [0.2, 0.25) is 10.0 Å². The van der Waals surface area contributed by atoms with Gasteiger partial charge >= 0.3 is 0 Å². The number of methoxy groups -OCH3 is 1. The van der Waals surface area contributed by atoms with E-state index in [1.165, 1.54) is 9.21 Å². The molecule has 0 saturated carbocycles. The van der Waals surface area contributed by atoms with Crippen molar-refractivity contribution in [2.75, 3.05) is 46.4 Å². The van der Waals surface area contributed by atoms with Crippen LogP contribution in [0.3, 0.4) is 0 Å². The summed E-state index contributed by atoms with van der Waals surface area (Å²) in [5.41, 5.74) is 0. The number of piperazine rings is 1. The number of hydrogen-bond acceptors (Lipinski definition) is 4. The van der Waals surface area contributed by atoms with E-state index in [1.807, 2.05) is 24.3 Å². The van der Waals surface area contributed by atoms with Gasteiger partial charge in [-0.05, 0) is 36.4 Å². The van der Waals surface area contributed by atoms with Crippen LogP contribution in [-0.2, 0) is 10.0 Å². The van der Waals surface area contributed by atoms with Gasteiger partial charge in [0.15, 0.2) is 0 Å². The summed E-state index contributed by atoms with van der Waals surface area (Å²) >= 11 is 6.08. The van der Waals surface area contributed by atoms with Gasteiger partial charge in [-0.1, -0.05) is 23.7 Å². The zero-order valence-corrected chi connectivity index (χ0v) is 17.5. The zero-order valence-electron chi connectivity index (χ0n) is 15.9. The average molecular weight is 426 g/mol. The summed E-state index contributed by atoms with van der Waals surface area (Å²) in [5, 5.41) is 0.271. The first-order chi connectivity index (χ1) is 13.5. The molecule has 152 valence electrons. The van der Waals surface area contributed by atoms with Crippen molar-refractivity contribution in [2.45, 2.75) is 11.3 Å². The van der Waals surface area contributed by atoms with Crippen LogP contribution in [0.15, 0.2) is 53.4 Å². The second-order valence-electron chi connectivity index (χ2n) is 6.71. The fourth-order valence-corrected chi connectivity index (χ4v) is 5.20. The van der Waals surface area contributed by atoms with Crippen LogP contribution in [0, 0.1) is 0 Å². The minimum atomic E-state index is -3.53. The van der Waals surface area contributed by atoms with Gasteiger partial charge in [-0.25, -0.2) is 8.42 Å². The normalized spacial score (nSPS) is 16.1. The zero-order chi connectivity index (χ0) is 20.0. The number of nitrogens with one attached hydrogen (secondary N) is 1. The first-order valence-corrected chi connectivity index (χ1v) is 11.2. The first-order valence-electron chi connectivity index (χ1n) is 9.36. The Labute approximate surface area is 171 Å². The van der Waals surface area contributed by atoms with Gasteiger partial charge in [-0.2, -0.15) is 4.31 Å². The molecule has 0 aromatic heterocycles. The van der Waals surface area contributed by atoms with E-state index in [0.29, 0.717) is 19.7 Å². The molecule has 6 nitrogen and oxygen atoms in total. The maximum Gasteiger partial charge on any atom is 0.244 e. The summed E-state index contributed by atoms with van der Waals surface area (Å²) in [6.07, 6.45) is 0.915. The molecule has 1 aliphatic rings. The van der Waals surface area contributed by atoms with Crippen LogP contribution in [0.1, 0.15) is 6.42 Å². The summed E-state index contributed by atoms with van der Waals surface area (Å²) in [4.78, 5) is 1.58. The van der Waals surface area contributed by atoms with E-state index in [-0.39, 0.29) is 9.92 Å². The van der Waals surface area contributed by atoms with E-state index in [2.05, 4.69) is 0 Å². The highest BCUT2D eigenvalue weighted by molar-refractivity contribution is 7.89. The maximum absolute atomic E-state index is 12.8. The highest BCUT2D eigenvalue weighted by atomic mass is 35.5. The van der Waals surface area contributed by atoms with Crippen LogP contribution in [0.4, 0.5) is 0 Å². The van der Waals surface area contributed by atoms with Crippen molar-refractivity contribution in [1.29, 1.82) is 0 Å². The Hall–Kier alpha value is -1.80. The molecule has 2 aromatic carbocycles. The van der Waals surface area contributed by atoms with Gasteiger partial charge in [-0.15, -0.1) is 0 Å². The largest absolute Gasteiger partial charge is 0.497 e. The molecule has 2 aromatic rings. The summed E-state index contributed by atoms with van der Waals surface area (Å²) in [6, 6.07) is 14.1. The van der Waals surface area contributed by atoms with Crippen molar-refractivity contribution >= 4 is 21.6 Å². The molecule has 0 unspecified atom stereocenters. The number of benzene rings is 2. The Balaban J connectivity index is 1.42. The van der Waals surface area contributed by atoms with Crippen LogP contribution < -0.4 is 14.4 Å². The predicted octanol–water partition coefficient (Wildman–Crippen LogP) is 1.71. The third kappa shape index (κ3) is 5.17. The summed E-state index contributed by atoms with van der Waals surface area (Å²) in [5.74, 6) is 1.63. The lowest BCUT2D eigenvalue weighted by atomic mass is 10.3. The van der Waals surface area contributed by atoms with E-state index in [9.17, 15) is 8.42 Å². The maximum atomic E-state index is 12.8. The molecule has 0 spiro atoms. The fraction of sp³-hybridized carbons (Fsp3) is 0.400. The van der Waals surface area contributed by atoms with Crippen molar-refractivity contribution < 1.29 is 22.8 Å². The lowest BCUT2D eigenvalue weighted by Gasteiger charge is -2.31. The molecule has 0 atom stereocenters. The number of sulfonamides is 1. The van der Waals surface area contributed by atoms with Gasteiger partial charge in [0.1, 0.15) is 16.4 Å². The summed E-state index contributed by atoms with van der Waals surface area (Å²) < 4.78 is 38.0. The van der Waals surface area contributed by atoms with Crippen molar-refractivity contribution in [1.82, 2.24) is 4.31 Å². The van der Waals surface area contributed by atoms with Crippen molar-refractivity contribution in [3.63, 3.8) is 0 Å². The first kappa shape index (κ1) is 20.9. The molecule has 1 saturated heterocycles. The van der Waals surface area contributed by atoms with Crippen LogP contribution in [-0.4, -0.2) is 59.2 Å². The molecular weight excluding hydrogens is 400 g/mol. The number of halogens is 1. The number of nitrogens with zero attached hydrogens (tertiary/aromatic N) is 1. The number of ether oxygens (including phenoxy) is 2. The van der Waals surface area contributed by atoms with E-state index in [0.717, 1.165) is 37.6 Å². The Kier molecular flexibility index (Phi) is 7.18. The average Bonchev–Trinajstić information content (AvgIpc) is 2.72. The lowest BCUT2D eigenvalue weighted by molar-refractivity contribution is -0.903. The van der Waals surface area contributed by atoms with Gasteiger partial charge < -0.3 is 14.4 Å². The molecule has 1 aliphatic heterocycles. The third-order valence-corrected chi connectivity index (χ3v) is 7.29. The Bertz CT molecular complexity index is 866. The molecule has 0 radical (unpaired) electrons. The van der Waals surface area contributed by atoms with Crippen molar-refractivity contribution in [2.24, 2.45) is 0 Å². The number of hydrogen-bond donors (Lipinski definition) is 1. The van der Waals surface area contributed by atoms with E-state index in [4.69, 9.17) is 21.1 Å². The van der Waals surface area contributed by atoms with E-state index in [1.54, 1.807) is 31.4 Å². The van der Waals surface area contributed by atoms with Gasteiger partial charge in [-0.3, -0.25) is 0 Å². The number of rotatable bonds is 8. The molecule has 0 aliphatic carbocycles. The molecular formula is C20H26ClN2O4S+. The molecule has 0 bridgehead atoms. The predicted molar refractivity (Wildman–Crippen MR) is 109 cm³/mol. The van der Waals surface area contributed by atoms with E-state index < -0.39 is 10.0 Å². The van der Waals surface area contributed by atoms with Gasteiger partial charge in [0.25, 0.3) is 0 Å². The van der Waals surface area contributed by atoms with Gasteiger partial charge in [0.05, 0.1) is 51.5 Å². The molecule has 8 heteroatoms. The molecule has 1 heterocycles. The second-order valence-corrected chi connectivity index (χ2v) is 9.03. The van der Waals surface area contributed by atoms with Crippen LogP contribution >= 0.6 is 11.6 Å². The molecule has 3 rings (SSSR count). The summed E-state index contributed by atoms with van der Waals surface area (Å²) in [6.45, 7) is 4.16. The topological polar surface area (TPSA) is 60.3 Å². The summed E-state index contributed by atoms with van der Waals surface area (Å²) in [7, 11) is -1.89. The Morgan fingerprint density at radius 1 is 1.04 bits per heavy atom. The lowest BCUT2D eigenvalue weighted by Crippen LogP contribution is -3.14. The minimum Gasteiger partial charge on any atom is -0.497 e. The molecule has 28 heavy (non-hydrogen) atoms. The smallest absolute Gasteiger partial charge is 0.244 e. The third-order valence-electron chi connectivity index (χ3n) is 4.89. The van der Waals surface area contributed by atoms with Crippen molar-refractivity contribution in [3.05, 3.63) is 53.6 Å². The van der Waals surface area contributed by atoms with Crippen LogP contribution in [0.2, 0.25) is 5.02 Å².